The molecule has 0 saturated heterocycles. The van der Waals surface area contributed by atoms with E-state index in [1.807, 2.05) is 7.05 Å². The van der Waals surface area contributed by atoms with Crippen LogP contribution in [0.4, 0.5) is 0 Å². The molecule has 1 rings (SSSR count). The van der Waals surface area contributed by atoms with Crippen LogP contribution in [-0.4, -0.2) is 20.3 Å². The Labute approximate surface area is 105 Å². The monoisotopic (exact) mass is 235 g/mol. The van der Waals surface area contributed by atoms with Gasteiger partial charge in [0.15, 0.2) is 0 Å². The Kier molecular flexibility index (Phi) is 6.23. The third kappa shape index (κ3) is 4.88. The zero-order valence-corrected chi connectivity index (χ0v) is 11.5. The number of rotatable bonds is 7. The van der Waals surface area contributed by atoms with Gasteiger partial charge in [-0.25, -0.2) is 0 Å². The van der Waals surface area contributed by atoms with Crippen molar-refractivity contribution >= 4 is 0 Å². The number of ether oxygens (including phenoxy) is 1. The molecule has 0 aromatic heterocycles. The highest BCUT2D eigenvalue weighted by Gasteiger charge is 2.11. The predicted octanol–water partition coefficient (Wildman–Crippen LogP) is 3.32. The lowest BCUT2D eigenvalue weighted by atomic mass is 10.0. The van der Waals surface area contributed by atoms with Crippen molar-refractivity contribution in [3.63, 3.8) is 0 Å². The van der Waals surface area contributed by atoms with Gasteiger partial charge < -0.3 is 10.1 Å². The highest BCUT2D eigenvalue weighted by molar-refractivity contribution is 5.28. The van der Waals surface area contributed by atoms with Gasteiger partial charge in [-0.1, -0.05) is 38.1 Å². The van der Waals surface area contributed by atoms with Crippen LogP contribution < -0.4 is 5.32 Å². The van der Waals surface area contributed by atoms with Crippen molar-refractivity contribution in [1.82, 2.24) is 5.32 Å². The van der Waals surface area contributed by atoms with Gasteiger partial charge in [0.05, 0.1) is 12.6 Å². The maximum atomic E-state index is 5.74. The first kappa shape index (κ1) is 14.2. The van der Waals surface area contributed by atoms with Crippen LogP contribution in [0.5, 0.6) is 0 Å². The van der Waals surface area contributed by atoms with Crippen molar-refractivity contribution in [2.45, 2.75) is 33.2 Å². The molecule has 1 aromatic rings. The van der Waals surface area contributed by atoms with Gasteiger partial charge in [-0.15, -0.1) is 0 Å². The molecule has 0 aliphatic rings. The molecular weight excluding hydrogens is 210 g/mol. The molecule has 96 valence electrons. The molecular formula is C15H25NO. The zero-order valence-electron chi connectivity index (χ0n) is 11.5. The van der Waals surface area contributed by atoms with E-state index in [0.717, 1.165) is 19.6 Å². The fraction of sp³-hybridized carbons (Fsp3) is 0.600. The molecule has 0 fully saturated rings. The second-order valence-electron chi connectivity index (χ2n) is 4.96. The SMILES string of the molecule is CNC(COCCC(C)C)c1ccccc1C. The summed E-state index contributed by atoms with van der Waals surface area (Å²) in [7, 11) is 1.99. The summed E-state index contributed by atoms with van der Waals surface area (Å²) in [6.07, 6.45) is 1.13. The van der Waals surface area contributed by atoms with Crippen LogP contribution in [0.2, 0.25) is 0 Å². The molecule has 1 N–H and O–H groups in total. The van der Waals surface area contributed by atoms with Gasteiger partial charge in [0, 0.05) is 6.61 Å². The topological polar surface area (TPSA) is 21.3 Å². The lowest BCUT2D eigenvalue weighted by molar-refractivity contribution is 0.104. The smallest absolute Gasteiger partial charge is 0.0661 e. The van der Waals surface area contributed by atoms with E-state index in [2.05, 4.69) is 50.4 Å². The number of aryl methyl sites for hydroxylation is 1. The average molecular weight is 235 g/mol. The van der Waals surface area contributed by atoms with E-state index >= 15 is 0 Å². The molecule has 1 unspecified atom stereocenters. The maximum Gasteiger partial charge on any atom is 0.0661 e. The van der Waals surface area contributed by atoms with Crippen LogP contribution in [0, 0.1) is 12.8 Å². The van der Waals surface area contributed by atoms with Crippen LogP contribution in [-0.2, 0) is 4.74 Å². The maximum absolute atomic E-state index is 5.74. The van der Waals surface area contributed by atoms with Crippen molar-refractivity contribution in [3.05, 3.63) is 35.4 Å². The second-order valence-corrected chi connectivity index (χ2v) is 4.96. The number of hydrogen-bond acceptors (Lipinski definition) is 2. The van der Waals surface area contributed by atoms with Crippen molar-refractivity contribution in [2.75, 3.05) is 20.3 Å². The Bertz CT molecular complexity index is 322. The standard InChI is InChI=1S/C15H25NO/c1-12(2)9-10-17-11-15(16-4)14-8-6-5-7-13(14)3/h5-8,12,15-16H,9-11H2,1-4H3. The van der Waals surface area contributed by atoms with E-state index in [0.29, 0.717) is 12.0 Å². The first-order valence-corrected chi connectivity index (χ1v) is 6.45. The van der Waals surface area contributed by atoms with Gasteiger partial charge in [-0.3, -0.25) is 0 Å². The van der Waals surface area contributed by atoms with Crippen molar-refractivity contribution in [2.24, 2.45) is 5.92 Å². The molecule has 2 heteroatoms. The summed E-state index contributed by atoms with van der Waals surface area (Å²) in [5, 5.41) is 3.32. The molecule has 0 amide bonds. The number of nitrogens with one attached hydrogen (secondary N) is 1. The first-order chi connectivity index (χ1) is 8.15. The average Bonchev–Trinajstić information content (AvgIpc) is 2.30. The van der Waals surface area contributed by atoms with Gasteiger partial charge in [0.2, 0.25) is 0 Å². The lowest BCUT2D eigenvalue weighted by Gasteiger charge is -2.19. The number of hydrogen-bond donors (Lipinski definition) is 1. The molecule has 0 spiro atoms. The van der Waals surface area contributed by atoms with Crippen LogP contribution in [0.15, 0.2) is 24.3 Å². The van der Waals surface area contributed by atoms with Gasteiger partial charge in [0.25, 0.3) is 0 Å². The number of likely N-dealkylation sites (N-methyl/N-ethyl adjacent to an activating group) is 1. The molecule has 0 bridgehead atoms. The highest BCUT2D eigenvalue weighted by atomic mass is 16.5. The van der Waals surface area contributed by atoms with E-state index in [9.17, 15) is 0 Å². The Morgan fingerprint density at radius 3 is 2.53 bits per heavy atom. The number of benzene rings is 1. The summed E-state index contributed by atoms with van der Waals surface area (Å²) in [5.41, 5.74) is 2.65. The summed E-state index contributed by atoms with van der Waals surface area (Å²) in [4.78, 5) is 0. The van der Waals surface area contributed by atoms with Gasteiger partial charge in [0.1, 0.15) is 0 Å². The molecule has 2 nitrogen and oxygen atoms in total. The molecule has 0 saturated carbocycles. The molecule has 0 aliphatic heterocycles. The lowest BCUT2D eigenvalue weighted by Crippen LogP contribution is -2.23. The van der Waals surface area contributed by atoms with Gasteiger partial charge in [-0.2, -0.15) is 0 Å². The zero-order chi connectivity index (χ0) is 12.7. The Morgan fingerprint density at radius 1 is 1.24 bits per heavy atom. The summed E-state index contributed by atoms with van der Waals surface area (Å²) in [6.45, 7) is 8.18. The van der Waals surface area contributed by atoms with E-state index in [1.54, 1.807) is 0 Å². The van der Waals surface area contributed by atoms with Gasteiger partial charge in [-0.05, 0) is 37.4 Å². The minimum atomic E-state index is 0.295. The summed E-state index contributed by atoms with van der Waals surface area (Å²) in [5.74, 6) is 0.710. The van der Waals surface area contributed by atoms with Crippen LogP contribution >= 0.6 is 0 Å². The molecule has 17 heavy (non-hydrogen) atoms. The third-order valence-electron chi connectivity index (χ3n) is 3.04. The third-order valence-corrected chi connectivity index (χ3v) is 3.04. The molecule has 0 heterocycles. The van der Waals surface area contributed by atoms with Crippen LogP contribution in [0.3, 0.4) is 0 Å². The van der Waals surface area contributed by atoms with Crippen LogP contribution in [0.1, 0.15) is 37.4 Å². The molecule has 1 aromatic carbocycles. The Hall–Kier alpha value is -0.860. The normalized spacial score (nSPS) is 13.0. The highest BCUT2D eigenvalue weighted by Crippen LogP contribution is 2.17. The van der Waals surface area contributed by atoms with Gasteiger partial charge >= 0.3 is 0 Å². The van der Waals surface area contributed by atoms with Crippen LogP contribution in [0.25, 0.3) is 0 Å². The Morgan fingerprint density at radius 2 is 1.94 bits per heavy atom. The molecule has 1 atom stereocenters. The quantitative estimate of drug-likeness (QED) is 0.732. The minimum absolute atomic E-state index is 0.295. The van der Waals surface area contributed by atoms with E-state index in [-0.39, 0.29) is 0 Å². The second kappa shape index (κ2) is 7.46. The van der Waals surface area contributed by atoms with Crippen molar-refractivity contribution in [3.8, 4) is 0 Å². The minimum Gasteiger partial charge on any atom is -0.379 e. The van der Waals surface area contributed by atoms with Crippen molar-refractivity contribution in [1.29, 1.82) is 0 Å². The summed E-state index contributed by atoms with van der Waals surface area (Å²) in [6, 6.07) is 8.77. The fourth-order valence-corrected chi connectivity index (χ4v) is 1.83. The fourth-order valence-electron chi connectivity index (χ4n) is 1.83. The Balaban J connectivity index is 2.46. The summed E-state index contributed by atoms with van der Waals surface area (Å²) >= 11 is 0. The van der Waals surface area contributed by atoms with E-state index in [4.69, 9.17) is 4.74 Å². The predicted molar refractivity (Wildman–Crippen MR) is 73.3 cm³/mol. The molecule has 0 aliphatic carbocycles. The molecule has 0 radical (unpaired) electrons. The van der Waals surface area contributed by atoms with E-state index < -0.39 is 0 Å². The van der Waals surface area contributed by atoms with Crippen molar-refractivity contribution < 1.29 is 4.74 Å². The van der Waals surface area contributed by atoms with E-state index in [1.165, 1.54) is 11.1 Å². The summed E-state index contributed by atoms with van der Waals surface area (Å²) < 4.78 is 5.74. The largest absolute Gasteiger partial charge is 0.379 e. The first-order valence-electron chi connectivity index (χ1n) is 6.45.